The zero-order valence-corrected chi connectivity index (χ0v) is 11.9. The molecule has 1 aliphatic heterocycles. The Morgan fingerprint density at radius 1 is 1.47 bits per heavy atom. The van der Waals surface area contributed by atoms with Crippen molar-refractivity contribution < 1.29 is 9.47 Å². The molecule has 0 unspecified atom stereocenters. The molecule has 0 aromatic heterocycles. The van der Waals surface area contributed by atoms with Crippen molar-refractivity contribution in [1.82, 2.24) is 5.32 Å². The van der Waals surface area contributed by atoms with Crippen LogP contribution in [0.25, 0.3) is 0 Å². The van der Waals surface area contributed by atoms with Crippen LogP contribution in [-0.4, -0.2) is 18.8 Å². The molecule has 1 aromatic rings. The molecule has 0 radical (unpaired) electrons. The van der Waals surface area contributed by atoms with Crippen molar-refractivity contribution >= 4 is 0 Å². The summed E-state index contributed by atoms with van der Waals surface area (Å²) in [6, 6.07) is 6.40. The van der Waals surface area contributed by atoms with Crippen LogP contribution < -0.4 is 10.1 Å². The zero-order valence-electron chi connectivity index (χ0n) is 11.9. The van der Waals surface area contributed by atoms with Gasteiger partial charge in [-0.3, -0.25) is 0 Å². The monoisotopic (exact) mass is 261 g/mol. The Hall–Kier alpha value is -1.48. The first-order valence-electron chi connectivity index (χ1n) is 6.85. The van der Waals surface area contributed by atoms with Crippen LogP contribution in [0.15, 0.2) is 31.0 Å². The van der Waals surface area contributed by atoms with E-state index in [-0.39, 0.29) is 5.60 Å². The lowest BCUT2D eigenvalue weighted by molar-refractivity contribution is 0.137. The van der Waals surface area contributed by atoms with Gasteiger partial charge in [-0.05, 0) is 32.4 Å². The second-order valence-electron chi connectivity index (χ2n) is 5.51. The van der Waals surface area contributed by atoms with Crippen molar-refractivity contribution in [2.75, 3.05) is 13.2 Å². The summed E-state index contributed by atoms with van der Waals surface area (Å²) in [6.07, 6.45) is 3.46. The summed E-state index contributed by atoms with van der Waals surface area (Å²) in [5.74, 6) is 1.07. The molecule has 1 aromatic carbocycles. The fourth-order valence-electron chi connectivity index (χ4n) is 2.41. The van der Waals surface area contributed by atoms with Gasteiger partial charge in [0.2, 0.25) is 0 Å². The predicted molar refractivity (Wildman–Crippen MR) is 77.3 cm³/mol. The third kappa shape index (κ3) is 3.74. The van der Waals surface area contributed by atoms with Gasteiger partial charge in [-0.1, -0.05) is 24.8 Å². The highest BCUT2D eigenvalue weighted by Gasteiger charge is 2.31. The lowest BCUT2D eigenvalue weighted by Crippen LogP contribution is -2.25. The number of fused-ring (bicyclic) bond motifs is 1. The number of rotatable bonds is 7. The molecule has 0 amide bonds. The molecule has 3 nitrogen and oxygen atoms in total. The molecule has 0 atom stereocenters. The second kappa shape index (κ2) is 6.11. The zero-order chi connectivity index (χ0) is 13.7. The van der Waals surface area contributed by atoms with Gasteiger partial charge in [0.15, 0.2) is 0 Å². The molecule has 0 saturated heterocycles. The third-order valence-corrected chi connectivity index (χ3v) is 3.22. The van der Waals surface area contributed by atoms with E-state index in [0.29, 0.717) is 6.61 Å². The van der Waals surface area contributed by atoms with Gasteiger partial charge in [-0.15, -0.1) is 0 Å². The van der Waals surface area contributed by atoms with Crippen LogP contribution in [0, 0.1) is 0 Å². The van der Waals surface area contributed by atoms with Crippen LogP contribution in [0.2, 0.25) is 0 Å². The molecular weight excluding hydrogens is 238 g/mol. The van der Waals surface area contributed by atoms with E-state index in [4.69, 9.17) is 9.47 Å². The van der Waals surface area contributed by atoms with Crippen molar-refractivity contribution in [1.29, 1.82) is 0 Å². The number of nitrogens with one attached hydrogen (secondary N) is 1. The van der Waals surface area contributed by atoms with Gasteiger partial charge in [-0.25, -0.2) is 0 Å². The maximum Gasteiger partial charge on any atom is 0.127 e. The summed E-state index contributed by atoms with van der Waals surface area (Å²) in [7, 11) is 0. The Morgan fingerprint density at radius 3 is 3.11 bits per heavy atom. The minimum atomic E-state index is -0.0732. The number of hydrogen-bond donors (Lipinski definition) is 1. The smallest absolute Gasteiger partial charge is 0.127 e. The molecule has 1 heterocycles. The quantitative estimate of drug-likeness (QED) is 0.604. The van der Waals surface area contributed by atoms with Gasteiger partial charge in [0.25, 0.3) is 0 Å². The van der Waals surface area contributed by atoms with E-state index in [9.17, 15) is 0 Å². The van der Waals surface area contributed by atoms with Gasteiger partial charge in [-0.2, -0.15) is 0 Å². The number of ether oxygens (including phenoxy) is 2. The van der Waals surface area contributed by atoms with Crippen LogP contribution in [0.1, 0.15) is 31.4 Å². The van der Waals surface area contributed by atoms with Crippen molar-refractivity contribution in [3.63, 3.8) is 0 Å². The molecule has 0 aliphatic carbocycles. The Bertz CT molecular complexity index is 440. The summed E-state index contributed by atoms with van der Waals surface area (Å²) >= 11 is 0. The van der Waals surface area contributed by atoms with Gasteiger partial charge >= 0.3 is 0 Å². The average molecular weight is 261 g/mol. The Kier molecular flexibility index (Phi) is 4.48. The molecule has 2 rings (SSSR count). The maximum absolute atomic E-state index is 6.04. The van der Waals surface area contributed by atoms with Crippen molar-refractivity contribution in [3.8, 4) is 5.75 Å². The third-order valence-electron chi connectivity index (χ3n) is 3.22. The molecule has 0 saturated carbocycles. The van der Waals surface area contributed by atoms with E-state index in [2.05, 4.69) is 43.9 Å². The van der Waals surface area contributed by atoms with E-state index < -0.39 is 0 Å². The van der Waals surface area contributed by atoms with Crippen molar-refractivity contribution in [2.24, 2.45) is 0 Å². The summed E-state index contributed by atoms with van der Waals surface area (Å²) < 4.78 is 11.1. The van der Waals surface area contributed by atoms with E-state index >= 15 is 0 Å². The van der Waals surface area contributed by atoms with Crippen molar-refractivity contribution in [2.45, 2.75) is 38.8 Å². The normalized spacial score (nSPS) is 15.7. The minimum absolute atomic E-state index is 0.0732. The van der Waals surface area contributed by atoms with Crippen molar-refractivity contribution in [3.05, 3.63) is 42.2 Å². The first-order chi connectivity index (χ1) is 9.12. The lowest BCUT2D eigenvalue weighted by atomic mass is 10.0. The first-order valence-corrected chi connectivity index (χ1v) is 6.85. The number of para-hydroxylation sites is 1. The largest absolute Gasteiger partial charge is 0.502 e. The second-order valence-corrected chi connectivity index (χ2v) is 5.51. The molecule has 0 spiro atoms. The van der Waals surface area contributed by atoms with E-state index in [1.54, 1.807) is 0 Å². The van der Waals surface area contributed by atoms with Crippen LogP contribution in [0.3, 0.4) is 0 Å². The Balaban J connectivity index is 1.85. The van der Waals surface area contributed by atoms with E-state index in [0.717, 1.165) is 31.7 Å². The highest BCUT2D eigenvalue weighted by Crippen LogP contribution is 2.37. The molecule has 3 heteroatoms. The standard InChI is InChI=1S/C16H23NO2/c1-4-18-10-6-9-17-12-14-8-5-7-13-11-16(2,3)19-15(13)14/h4-5,7-8,17H,1,6,9-12H2,2-3H3. The van der Waals surface area contributed by atoms with Gasteiger partial charge < -0.3 is 14.8 Å². The summed E-state index contributed by atoms with van der Waals surface area (Å²) in [5.41, 5.74) is 2.49. The summed E-state index contributed by atoms with van der Waals surface area (Å²) in [5, 5.41) is 3.42. The van der Waals surface area contributed by atoms with Gasteiger partial charge in [0.05, 0.1) is 12.9 Å². The topological polar surface area (TPSA) is 30.5 Å². The van der Waals surface area contributed by atoms with E-state index in [1.165, 1.54) is 17.4 Å². The van der Waals surface area contributed by atoms with E-state index in [1.807, 2.05) is 0 Å². The molecule has 0 bridgehead atoms. The van der Waals surface area contributed by atoms with Crippen LogP contribution in [0.4, 0.5) is 0 Å². The Labute approximate surface area is 115 Å². The predicted octanol–water partition coefficient (Wildman–Crippen LogP) is 3.04. The van der Waals surface area contributed by atoms with Crippen LogP contribution >= 0.6 is 0 Å². The fourth-order valence-corrected chi connectivity index (χ4v) is 2.41. The molecule has 1 aliphatic rings. The first kappa shape index (κ1) is 13.9. The molecule has 104 valence electrons. The lowest BCUT2D eigenvalue weighted by Gasteiger charge is -2.18. The maximum atomic E-state index is 6.04. The Morgan fingerprint density at radius 2 is 2.32 bits per heavy atom. The highest BCUT2D eigenvalue weighted by atomic mass is 16.5. The fraction of sp³-hybridized carbons (Fsp3) is 0.500. The van der Waals surface area contributed by atoms with Crippen LogP contribution in [-0.2, 0) is 17.7 Å². The molecule has 1 N–H and O–H groups in total. The highest BCUT2D eigenvalue weighted by molar-refractivity contribution is 5.45. The molecule has 19 heavy (non-hydrogen) atoms. The minimum Gasteiger partial charge on any atom is -0.502 e. The SMILES string of the molecule is C=COCCCNCc1cccc2c1OC(C)(C)C2. The van der Waals surface area contributed by atoms with Crippen LogP contribution in [0.5, 0.6) is 5.75 Å². The average Bonchev–Trinajstić information content (AvgIpc) is 2.68. The van der Waals surface area contributed by atoms with Gasteiger partial charge in [0, 0.05) is 18.5 Å². The molecule has 0 fully saturated rings. The number of benzene rings is 1. The van der Waals surface area contributed by atoms with Gasteiger partial charge in [0.1, 0.15) is 11.4 Å². The summed E-state index contributed by atoms with van der Waals surface area (Å²) in [4.78, 5) is 0. The molecular formula is C16H23NO2. The number of hydrogen-bond acceptors (Lipinski definition) is 3. The summed E-state index contributed by atoms with van der Waals surface area (Å²) in [6.45, 7) is 10.3.